The van der Waals surface area contributed by atoms with Gasteiger partial charge in [0.05, 0.1) is 11.4 Å². The average Bonchev–Trinajstić information content (AvgIpc) is 2.84. The highest BCUT2D eigenvalue weighted by Crippen LogP contribution is 2.29. The van der Waals surface area contributed by atoms with Crippen LogP contribution in [-0.2, 0) is 4.74 Å². The van der Waals surface area contributed by atoms with Gasteiger partial charge in [-0.15, -0.1) is 0 Å². The summed E-state index contributed by atoms with van der Waals surface area (Å²) < 4.78 is 11.0. The molecule has 1 aromatic carbocycles. The first-order valence-electron chi connectivity index (χ1n) is 6.19. The molecule has 0 aliphatic carbocycles. The van der Waals surface area contributed by atoms with Crippen LogP contribution in [-0.4, -0.2) is 49.3 Å². The maximum atomic E-state index is 5.17. The van der Waals surface area contributed by atoms with Gasteiger partial charge in [-0.05, 0) is 23.7 Å². The van der Waals surface area contributed by atoms with Crippen LogP contribution in [0.4, 0.5) is 5.82 Å². The van der Waals surface area contributed by atoms with Gasteiger partial charge >= 0.3 is 0 Å². The van der Waals surface area contributed by atoms with E-state index < -0.39 is 0 Å². The topological polar surface area (TPSA) is 28.6 Å². The highest BCUT2D eigenvalue weighted by Gasteiger charge is 2.20. The molecule has 0 saturated carbocycles. The van der Waals surface area contributed by atoms with Gasteiger partial charge in [0, 0.05) is 38.7 Å². The van der Waals surface area contributed by atoms with E-state index in [0.717, 1.165) is 38.7 Å². The highest BCUT2D eigenvalue weighted by atomic mass is 32.1. The molecule has 2 aromatic rings. The van der Waals surface area contributed by atoms with E-state index in [1.807, 2.05) is 0 Å². The third kappa shape index (κ3) is 2.21. The number of hydrogen-bond donors (Lipinski definition) is 0. The van der Waals surface area contributed by atoms with Crippen LogP contribution >= 0.6 is 11.5 Å². The molecule has 1 aliphatic rings. The Kier molecular flexibility index (Phi) is 3.45. The SMILES string of the molecule is COCN1CCN(c2nsc3ccccc23)CC1. The molecule has 0 spiro atoms. The molecule has 4 nitrogen and oxygen atoms in total. The van der Waals surface area contributed by atoms with Crippen molar-refractivity contribution in [2.75, 3.05) is 44.9 Å². The van der Waals surface area contributed by atoms with Gasteiger partial charge in [0.1, 0.15) is 5.82 Å². The summed E-state index contributed by atoms with van der Waals surface area (Å²) in [6.07, 6.45) is 0. The van der Waals surface area contributed by atoms with Crippen molar-refractivity contribution in [3.63, 3.8) is 0 Å². The fourth-order valence-corrected chi connectivity index (χ4v) is 3.17. The molecule has 1 fully saturated rings. The summed E-state index contributed by atoms with van der Waals surface area (Å²) in [5, 5.41) is 1.28. The zero-order valence-corrected chi connectivity index (χ0v) is 11.3. The Morgan fingerprint density at radius 3 is 2.78 bits per heavy atom. The first-order valence-corrected chi connectivity index (χ1v) is 6.96. The van der Waals surface area contributed by atoms with Gasteiger partial charge in [0.25, 0.3) is 0 Å². The Labute approximate surface area is 111 Å². The van der Waals surface area contributed by atoms with Crippen molar-refractivity contribution in [2.45, 2.75) is 0 Å². The van der Waals surface area contributed by atoms with Crippen molar-refractivity contribution < 1.29 is 4.74 Å². The summed E-state index contributed by atoms with van der Waals surface area (Å²) in [6, 6.07) is 8.45. The minimum Gasteiger partial charge on any atom is -0.369 e. The van der Waals surface area contributed by atoms with Crippen LogP contribution in [0, 0.1) is 0 Å². The molecule has 0 atom stereocenters. The predicted octanol–water partition coefficient (Wildman–Crippen LogP) is 2.02. The Hall–Kier alpha value is -1.17. The molecule has 0 radical (unpaired) electrons. The third-order valence-corrected chi connectivity index (χ3v) is 4.16. The molecule has 0 amide bonds. The number of nitrogens with zero attached hydrogens (tertiary/aromatic N) is 3. The summed E-state index contributed by atoms with van der Waals surface area (Å²) in [5.74, 6) is 1.15. The third-order valence-electron chi connectivity index (χ3n) is 3.34. The van der Waals surface area contributed by atoms with Gasteiger partial charge in [0.2, 0.25) is 0 Å². The van der Waals surface area contributed by atoms with Crippen molar-refractivity contribution in [2.24, 2.45) is 0 Å². The van der Waals surface area contributed by atoms with Gasteiger partial charge in [-0.1, -0.05) is 12.1 Å². The maximum absolute atomic E-state index is 5.17. The standard InChI is InChI=1S/C13H17N3OS/c1-17-10-15-6-8-16(9-7-15)13-11-4-2-3-5-12(11)18-14-13/h2-5H,6-10H2,1H3. The van der Waals surface area contributed by atoms with E-state index in [4.69, 9.17) is 4.74 Å². The van der Waals surface area contributed by atoms with Crippen LogP contribution in [0.15, 0.2) is 24.3 Å². The second kappa shape index (κ2) is 5.22. The van der Waals surface area contributed by atoms with Gasteiger partial charge in [-0.2, -0.15) is 4.37 Å². The number of ether oxygens (including phenoxy) is 1. The first-order chi connectivity index (χ1) is 8.88. The minimum atomic E-state index is 0.728. The summed E-state index contributed by atoms with van der Waals surface area (Å²) in [7, 11) is 1.75. The van der Waals surface area contributed by atoms with E-state index in [1.54, 1.807) is 18.6 Å². The fourth-order valence-electron chi connectivity index (χ4n) is 2.37. The molecule has 3 rings (SSSR count). The zero-order chi connectivity index (χ0) is 12.4. The van der Waals surface area contributed by atoms with Gasteiger partial charge in [-0.3, -0.25) is 4.90 Å². The first kappa shape index (κ1) is 11.9. The Bertz CT molecular complexity index is 520. The van der Waals surface area contributed by atoms with Crippen LogP contribution in [0.1, 0.15) is 0 Å². The van der Waals surface area contributed by atoms with E-state index in [-0.39, 0.29) is 0 Å². The van der Waals surface area contributed by atoms with Gasteiger partial charge in [-0.25, -0.2) is 0 Å². The van der Waals surface area contributed by atoms with Gasteiger partial charge in [0.15, 0.2) is 0 Å². The van der Waals surface area contributed by atoms with E-state index in [2.05, 4.69) is 38.4 Å². The van der Waals surface area contributed by atoms with Crippen molar-refractivity contribution in [3.05, 3.63) is 24.3 Å². The monoisotopic (exact) mass is 263 g/mol. The number of anilines is 1. The zero-order valence-electron chi connectivity index (χ0n) is 10.5. The second-order valence-electron chi connectivity index (χ2n) is 4.53. The summed E-state index contributed by atoms with van der Waals surface area (Å²) >= 11 is 1.59. The van der Waals surface area contributed by atoms with Crippen LogP contribution in [0.5, 0.6) is 0 Å². The fraction of sp³-hybridized carbons (Fsp3) is 0.462. The molecule has 1 aromatic heterocycles. The molecule has 0 unspecified atom stereocenters. The van der Waals surface area contributed by atoms with E-state index >= 15 is 0 Å². The van der Waals surface area contributed by atoms with Crippen LogP contribution in [0.2, 0.25) is 0 Å². The van der Waals surface area contributed by atoms with E-state index in [0.29, 0.717) is 0 Å². The average molecular weight is 263 g/mol. The molecule has 5 heteroatoms. The summed E-state index contributed by atoms with van der Waals surface area (Å²) in [4.78, 5) is 4.70. The number of benzene rings is 1. The Balaban J connectivity index is 1.76. The molecular formula is C13H17N3OS. The van der Waals surface area contributed by atoms with Crippen molar-refractivity contribution in [3.8, 4) is 0 Å². The van der Waals surface area contributed by atoms with E-state index in [9.17, 15) is 0 Å². The molecule has 1 aliphatic heterocycles. The van der Waals surface area contributed by atoms with Crippen molar-refractivity contribution in [1.82, 2.24) is 9.27 Å². The second-order valence-corrected chi connectivity index (χ2v) is 5.33. The van der Waals surface area contributed by atoms with Gasteiger partial charge < -0.3 is 9.64 Å². The van der Waals surface area contributed by atoms with E-state index in [1.165, 1.54) is 10.1 Å². The molecule has 2 heterocycles. The number of hydrogen-bond acceptors (Lipinski definition) is 5. The minimum absolute atomic E-state index is 0.728. The smallest absolute Gasteiger partial charge is 0.150 e. The largest absolute Gasteiger partial charge is 0.369 e. The predicted molar refractivity (Wildman–Crippen MR) is 75.3 cm³/mol. The van der Waals surface area contributed by atoms with Crippen LogP contribution in [0.3, 0.4) is 0 Å². The highest BCUT2D eigenvalue weighted by molar-refractivity contribution is 7.13. The Morgan fingerprint density at radius 2 is 2.00 bits per heavy atom. The number of aromatic nitrogens is 1. The van der Waals surface area contributed by atoms with Crippen molar-refractivity contribution >= 4 is 27.4 Å². The maximum Gasteiger partial charge on any atom is 0.150 e. The molecule has 18 heavy (non-hydrogen) atoms. The molecule has 0 N–H and O–H groups in total. The lowest BCUT2D eigenvalue weighted by Crippen LogP contribution is -2.47. The summed E-state index contributed by atoms with van der Waals surface area (Å²) in [6.45, 7) is 4.86. The Morgan fingerprint density at radius 1 is 1.22 bits per heavy atom. The van der Waals surface area contributed by atoms with Crippen LogP contribution in [0.25, 0.3) is 10.1 Å². The number of methoxy groups -OCH3 is 1. The molecular weight excluding hydrogens is 246 g/mol. The lowest BCUT2D eigenvalue weighted by atomic mass is 10.2. The van der Waals surface area contributed by atoms with Crippen molar-refractivity contribution in [1.29, 1.82) is 0 Å². The lowest BCUT2D eigenvalue weighted by molar-refractivity contribution is 0.0595. The number of piperazine rings is 1. The molecule has 1 saturated heterocycles. The lowest BCUT2D eigenvalue weighted by Gasteiger charge is -2.34. The number of fused-ring (bicyclic) bond motifs is 1. The number of rotatable bonds is 3. The normalized spacial score (nSPS) is 17.5. The quantitative estimate of drug-likeness (QED) is 0.847. The molecule has 0 bridgehead atoms. The molecule has 96 valence electrons. The summed E-state index contributed by atoms with van der Waals surface area (Å²) in [5.41, 5.74) is 0. The van der Waals surface area contributed by atoms with Crippen LogP contribution < -0.4 is 4.90 Å².